The Hall–Kier alpha value is -3.43. The van der Waals surface area contributed by atoms with E-state index in [1.807, 2.05) is 12.1 Å². The summed E-state index contributed by atoms with van der Waals surface area (Å²) in [5.74, 6) is -0.814. The number of ether oxygens (including phenoxy) is 4. The van der Waals surface area contributed by atoms with Crippen LogP contribution in [0.5, 0.6) is 5.75 Å². The second-order valence-electron chi connectivity index (χ2n) is 8.29. The van der Waals surface area contributed by atoms with Crippen molar-refractivity contribution >= 4 is 5.97 Å². The number of esters is 1. The molecule has 9 heteroatoms. The topological polar surface area (TPSA) is 54.0 Å². The molecule has 0 aliphatic carbocycles. The molecule has 4 rings (SSSR count). The summed E-state index contributed by atoms with van der Waals surface area (Å²) in [6.07, 6.45) is -4.61. The number of alkyl halides is 3. The van der Waals surface area contributed by atoms with Gasteiger partial charge in [-0.25, -0.2) is 9.18 Å². The largest absolute Gasteiger partial charge is 0.489 e. The molecule has 0 unspecified atom stereocenters. The van der Waals surface area contributed by atoms with Crippen molar-refractivity contribution in [2.75, 3.05) is 26.4 Å². The van der Waals surface area contributed by atoms with Crippen molar-refractivity contribution in [2.45, 2.75) is 25.3 Å². The molecule has 0 saturated carbocycles. The molecule has 0 bridgehead atoms. The first-order chi connectivity index (χ1) is 17.2. The van der Waals surface area contributed by atoms with Crippen LogP contribution in [-0.4, -0.2) is 32.4 Å². The highest BCUT2D eigenvalue weighted by Crippen LogP contribution is 2.35. The Morgan fingerprint density at radius 1 is 1.03 bits per heavy atom. The highest BCUT2D eigenvalue weighted by atomic mass is 19.4. The van der Waals surface area contributed by atoms with E-state index in [9.17, 15) is 22.4 Å². The molecule has 3 aromatic carbocycles. The van der Waals surface area contributed by atoms with Crippen LogP contribution < -0.4 is 4.74 Å². The van der Waals surface area contributed by atoms with Crippen molar-refractivity contribution < 1.29 is 41.3 Å². The Morgan fingerprint density at radius 3 is 2.39 bits per heavy atom. The minimum absolute atomic E-state index is 0.0741. The van der Waals surface area contributed by atoms with Gasteiger partial charge in [-0.05, 0) is 53.9 Å². The molecule has 0 atom stereocenters. The van der Waals surface area contributed by atoms with Crippen LogP contribution in [0, 0.1) is 5.82 Å². The molecule has 3 aromatic rings. The predicted molar refractivity (Wildman–Crippen MR) is 123 cm³/mol. The maximum Gasteiger partial charge on any atom is 0.416 e. The summed E-state index contributed by atoms with van der Waals surface area (Å²) in [7, 11) is 0. The van der Waals surface area contributed by atoms with Crippen LogP contribution >= 0.6 is 0 Å². The van der Waals surface area contributed by atoms with E-state index in [4.69, 9.17) is 18.9 Å². The summed E-state index contributed by atoms with van der Waals surface area (Å²) >= 11 is 0. The normalized spacial score (nSPS) is 14.7. The van der Waals surface area contributed by atoms with Crippen molar-refractivity contribution in [2.24, 2.45) is 0 Å². The van der Waals surface area contributed by atoms with E-state index < -0.39 is 29.1 Å². The van der Waals surface area contributed by atoms with E-state index >= 15 is 0 Å². The molecule has 5 nitrogen and oxygen atoms in total. The molecule has 0 N–H and O–H groups in total. The highest BCUT2D eigenvalue weighted by Gasteiger charge is 2.42. The lowest BCUT2D eigenvalue weighted by Gasteiger charge is -2.41. The number of hydrogen-bond acceptors (Lipinski definition) is 5. The zero-order valence-corrected chi connectivity index (χ0v) is 19.4. The first-order valence-electron chi connectivity index (χ1n) is 11.3. The van der Waals surface area contributed by atoms with E-state index in [0.29, 0.717) is 30.6 Å². The molecular weight excluding hydrogens is 480 g/mol. The van der Waals surface area contributed by atoms with Gasteiger partial charge in [-0.1, -0.05) is 36.4 Å². The summed E-state index contributed by atoms with van der Waals surface area (Å²) in [6.45, 7) is 2.64. The van der Waals surface area contributed by atoms with Gasteiger partial charge >= 0.3 is 12.1 Å². The van der Waals surface area contributed by atoms with Crippen LogP contribution in [0.3, 0.4) is 0 Å². The monoisotopic (exact) mass is 504 g/mol. The highest BCUT2D eigenvalue weighted by molar-refractivity contribution is 5.70. The number of carbonyl (C=O) groups is 1. The van der Waals surface area contributed by atoms with Crippen molar-refractivity contribution in [3.63, 3.8) is 0 Å². The molecule has 0 aromatic heterocycles. The Bertz CT molecular complexity index is 1200. The van der Waals surface area contributed by atoms with Crippen LogP contribution in [0.25, 0.3) is 11.1 Å². The number of hydrogen-bond donors (Lipinski definition) is 0. The molecule has 1 fully saturated rings. The van der Waals surface area contributed by atoms with Gasteiger partial charge in [0.25, 0.3) is 0 Å². The predicted octanol–water partition coefficient (Wildman–Crippen LogP) is 5.90. The molecule has 0 radical (unpaired) electrons. The van der Waals surface area contributed by atoms with Crippen LogP contribution in [0.1, 0.15) is 23.6 Å². The zero-order chi connectivity index (χ0) is 25.8. The Morgan fingerprint density at radius 2 is 1.78 bits per heavy atom. The molecule has 1 saturated heterocycles. The van der Waals surface area contributed by atoms with Gasteiger partial charge in [0.05, 0.1) is 25.4 Å². The summed E-state index contributed by atoms with van der Waals surface area (Å²) < 4.78 is 74.7. The lowest BCUT2D eigenvalue weighted by molar-refractivity contribution is -0.221. The van der Waals surface area contributed by atoms with Crippen LogP contribution in [-0.2, 0) is 37.4 Å². The van der Waals surface area contributed by atoms with Crippen molar-refractivity contribution in [3.8, 4) is 16.9 Å². The molecule has 36 heavy (non-hydrogen) atoms. The van der Waals surface area contributed by atoms with Crippen LogP contribution in [0.4, 0.5) is 17.6 Å². The third-order valence-corrected chi connectivity index (χ3v) is 5.76. The first kappa shape index (κ1) is 25.7. The second-order valence-corrected chi connectivity index (χ2v) is 8.29. The Labute approximate surface area is 205 Å². The fourth-order valence-electron chi connectivity index (χ4n) is 3.80. The van der Waals surface area contributed by atoms with E-state index in [1.54, 1.807) is 43.3 Å². The van der Waals surface area contributed by atoms with E-state index in [0.717, 1.165) is 23.3 Å². The minimum atomic E-state index is -4.61. The molecule has 0 spiro atoms. The van der Waals surface area contributed by atoms with Crippen LogP contribution in [0.15, 0.2) is 66.7 Å². The average molecular weight is 504 g/mol. The summed E-state index contributed by atoms with van der Waals surface area (Å²) in [5, 5.41) is 0. The van der Waals surface area contributed by atoms with E-state index in [1.165, 1.54) is 0 Å². The van der Waals surface area contributed by atoms with Gasteiger partial charge in [-0.2, -0.15) is 13.2 Å². The van der Waals surface area contributed by atoms with E-state index in [2.05, 4.69) is 0 Å². The van der Waals surface area contributed by atoms with Gasteiger partial charge in [-0.3, -0.25) is 0 Å². The van der Waals surface area contributed by atoms with Gasteiger partial charge in [0.1, 0.15) is 30.4 Å². The second kappa shape index (κ2) is 10.7. The summed E-state index contributed by atoms with van der Waals surface area (Å²) in [5.41, 5.74) is 0.329. The van der Waals surface area contributed by atoms with Crippen molar-refractivity contribution in [1.82, 2.24) is 0 Å². The van der Waals surface area contributed by atoms with E-state index in [-0.39, 0.29) is 25.4 Å². The standard InChI is InChI=1S/C27H24F4O5/c1-2-34-25(32)15-36-26(16-33-17-26)20-6-9-22(10-7-20)35-14-18-4-3-5-19(12-18)23-11-8-21(13-24(23)28)27(29,30)31/h3-13H,2,14-17H2,1H3. The van der Waals surface area contributed by atoms with Crippen molar-refractivity contribution in [1.29, 1.82) is 0 Å². The first-order valence-corrected chi connectivity index (χ1v) is 11.3. The van der Waals surface area contributed by atoms with Gasteiger partial charge in [0.2, 0.25) is 0 Å². The third kappa shape index (κ3) is 5.85. The number of rotatable bonds is 9. The van der Waals surface area contributed by atoms with Gasteiger partial charge in [-0.15, -0.1) is 0 Å². The number of carbonyl (C=O) groups excluding carboxylic acids is 1. The van der Waals surface area contributed by atoms with Crippen molar-refractivity contribution in [3.05, 3.63) is 89.2 Å². The Balaban J connectivity index is 1.40. The fraction of sp³-hybridized carbons (Fsp3) is 0.296. The molecular formula is C27H24F4O5. The summed E-state index contributed by atoms with van der Waals surface area (Å²) in [6, 6.07) is 16.4. The smallest absolute Gasteiger partial charge is 0.416 e. The minimum Gasteiger partial charge on any atom is -0.489 e. The summed E-state index contributed by atoms with van der Waals surface area (Å²) in [4.78, 5) is 11.6. The van der Waals surface area contributed by atoms with Gasteiger partial charge < -0.3 is 18.9 Å². The lowest BCUT2D eigenvalue weighted by Crippen LogP contribution is -2.49. The fourth-order valence-corrected chi connectivity index (χ4v) is 3.80. The van der Waals surface area contributed by atoms with Gasteiger partial charge in [0.15, 0.2) is 0 Å². The van der Waals surface area contributed by atoms with Gasteiger partial charge in [0, 0.05) is 5.56 Å². The SMILES string of the molecule is CCOC(=O)COC1(c2ccc(OCc3cccc(-c4ccc(C(F)(F)F)cc4F)c3)cc2)COC1. The molecule has 1 heterocycles. The maximum atomic E-state index is 14.4. The lowest BCUT2D eigenvalue weighted by atomic mass is 9.91. The molecule has 190 valence electrons. The molecule has 1 aliphatic rings. The Kier molecular flexibility index (Phi) is 7.61. The van der Waals surface area contributed by atoms with Crippen LogP contribution in [0.2, 0.25) is 0 Å². The maximum absolute atomic E-state index is 14.4. The average Bonchev–Trinajstić information content (AvgIpc) is 2.82. The number of benzene rings is 3. The third-order valence-electron chi connectivity index (χ3n) is 5.76. The zero-order valence-electron chi connectivity index (χ0n) is 19.4. The molecule has 0 amide bonds. The molecule has 1 aliphatic heterocycles. The quantitative estimate of drug-likeness (QED) is 0.269. The number of halogens is 4.